The maximum absolute atomic E-state index is 6.22. The highest BCUT2D eigenvalue weighted by atomic mass is 79.9. The molecule has 3 heteroatoms. The third kappa shape index (κ3) is 4.56. The van der Waals surface area contributed by atoms with E-state index in [1.165, 1.54) is 18.4 Å². The molecular formula is C13H19Br2N. The lowest BCUT2D eigenvalue weighted by molar-refractivity contribution is 0.440. The number of halogens is 2. The van der Waals surface area contributed by atoms with Gasteiger partial charge in [-0.2, -0.15) is 0 Å². The average molecular weight is 349 g/mol. The fourth-order valence-electron chi connectivity index (χ4n) is 1.97. The highest BCUT2D eigenvalue weighted by molar-refractivity contribution is 9.11. The van der Waals surface area contributed by atoms with Gasteiger partial charge >= 0.3 is 0 Å². The average Bonchev–Trinajstić information content (AvgIpc) is 2.16. The number of nitrogens with two attached hydrogens (primary N) is 1. The van der Waals surface area contributed by atoms with E-state index in [4.69, 9.17) is 5.73 Å². The van der Waals surface area contributed by atoms with E-state index in [-0.39, 0.29) is 6.04 Å². The second kappa shape index (κ2) is 6.77. The monoisotopic (exact) mass is 347 g/mol. The Morgan fingerprint density at radius 3 is 2.25 bits per heavy atom. The molecule has 2 N–H and O–H groups in total. The van der Waals surface area contributed by atoms with Crippen LogP contribution in [0, 0.1) is 5.92 Å². The summed E-state index contributed by atoms with van der Waals surface area (Å²) in [6, 6.07) is 6.38. The Kier molecular flexibility index (Phi) is 6.01. The quantitative estimate of drug-likeness (QED) is 0.792. The molecule has 0 heterocycles. The van der Waals surface area contributed by atoms with Gasteiger partial charge in [-0.15, -0.1) is 0 Å². The second-order valence-corrected chi connectivity index (χ2v) is 6.27. The first-order valence-corrected chi connectivity index (χ1v) is 7.33. The van der Waals surface area contributed by atoms with Crippen LogP contribution in [0.3, 0.4) is 0 Å². The summed E-state index contributed by atoms with van der Waals surface area (Å²) in [4.78, 5) is 0. The molecule has 0 saturated heterocycles. The standard InChI is InChI=1S/C13H19Br2N/c1-3-4-9(2)5-13(16)10-6-11(14)8-12(15)7-10/h6-9,13H,3-5,16H2,1-2H3. The van der Waals surface area contributed by atoms with Gasteiger partial charge in [-0.1, -0.05) is 58.5 Å². The fraction of sp³-hybridized carbons (Fsp3) is 0.538. The van der Waals surface area contributed by atoms with Crippen molar-refractivity contribution in [3.63, 3.8) is 0 Å². The van der Waals surface area contributed by atoms with Gasteiger partial charge in [-0.05, 0) is 36.1 Å². The van der Waals surface area contributed by atoms with Crippen molar-refractivity contribution in [1.82, 2.24) is 0 Å². The van der Waals surface area contributed by atoms with Crippen molar-refractivity contribution in [2.45, 2.75) is 39.2 Å². The van der Waals surface area contributed by atoms with Crippen LogP contribution in [0.4, 0.5) is 0 Å². The summed E-state index contributed by atoms with van der Waals surface area (Å²) in [5.74, 6) is 0.692. The van der Waals surface area contributed by atoms with E-state index in [1.54, 1.807) is 0 Å². The Hall–Kier alpha value is 0.140. The van der Waals surface area contributed by atoms with Crippen molar-refractivity contribution < 1.29 is 0 Å². The van der Waals surface area contributed by atoms with Gasteiger partial charge in [0.15, 0.2) is 0 Å². The minimum Gasteiger partial charge on any atom is -0.324 e. The molecule has 16 heavy (non-hydrogen) atoms. The second-order valence-electron chi connectivity index (χ2n) is 4.44. The predicted octanol–water partition coefficient (Wildman–Crippen LogP) is 5.04. The van der Waals surface area contributed by atoms with E-state index in [0.29, 0.717) is 5.92 Å². The third-order valence-electron chi connectivity index (χ3n) is 2.75. The summed E-state index contributed by atoms with van der Waals surface area (Å²) in [6.07, 6.45) is 3.54. The van der Waals surface area contributed by atoms with E-state index in [1.807, 2.05) is 6.07 Å². The van der Waals surface area contributed by atoms with Crippen LogP contribution in [0.15, 0.2) is 27.1 Å². The van der Waals surface area contributed by atoms with Crippen LogP contribution in [-0.4, -0.2) is 0 Å². The lowest BCUT2D eigenvalue weighted by Crippen LogP contribution is -2.14. The molecule has 2 atom stereocenters. The van der Waals surface area contributed by atoms with Crippen molar-refractivity contribution in [1.29, 1.82) is 0 Å². The van der Waals surface area contributed by atoms with Crippen LogP contribution >= 0.6 is 31.9 Å². The Balaban J connectivity index is 2.68. The SMILES string of the molecule is CCCC(C)CC(N)c1cc(Br)cc(Br)c1. The molecular weight excluding hydrogens is 330 g/mol. The van der Waals surface area contributed by atoms with E-state index in [0.717, 1.165) is 15.4 Å². The maximum atomic E-state index is 6.22. The summed E-state index contributed by atoms with van der Waals surface area (Å²) in [6.45, 7) is 4.49. The molecule has 90 valence electrons. The normalized spacial score (nSPS) is 14.8. The van der Waals surface area contributed by atoms with Crippen LogP contribution in [0.1, 0.15) is 44.7 Å². The predicted molar refractivity (Wildman–Crippen MR) is 77.5 cm³/mol. The first-order chi connectivity index (χ1) is 7.52. The van der Waals surface area contributed by atoms with E-state index >= 15 is 0 Å². The van der Waals surface area contributed by atoms with Gasteiger partial charge in [-0.25, -0.2) is 0 Å². The molecule has 0 radical (unpaired) electrons. The fourth-order valence-corrected chi connectivity index (χ4v) is 3.30. The van der Waals surface area contributed by atoms with Gasteiger partial charge in [0, 0.05) is 15.0 Å². The zero-order chi connectivity index (χ0) is 12.1. The number of hydrogen-bond donors (Lipinski definition) is 1. The van der Waals surface area contributed by atoms with Crippen LogP contribution in [0.5, 0.6) is 0 Å². The van der Waals surface area contributed by atoms with Gasteiger partial charge < -0.3 is 5.73 Å². The van der Waals surface area contributed by atoms with Crippen LogP contribution in [-0.2, 0) is 0 Å². The van der Waals surface area contributed by atoms with Gasteiger partial charge in [0.05, 0.1) is 0 Å². The highest BCUT2D eigenvalue weighted by Gasteiger charge is 2.11. The molecule has 0 aliphatic rings. The molecule has 1 rings (SSSR count). The number of rotatable bonds is 5. The summed E-state index contributed by atoms with van der Waals surface area (Å²) in [5.41, 5.74) is 7.42. The third-order valence-corrected chi connectivity index (χ3v) is 3.67. The molecule has 0 saturated carbocycles. The lowest BCUT2D eigenvalue weighted by Gasteiger charge is -2.17. The first-order valence-electron chi connectivity index (χ1n) is 5.74. The van der Waals surface area contributed by atoms with Crippen molar-refractivity contribution in [3.05, 3.63) is 32.7 Å². The van der Waals surface area contributed by atoms with Gasteiger partial charge in [0.25, 0.3) is 0 Å². The molecule has 0 aliphatic heterocycles. The van der Waals surface area contributed by atoms with Gasteiger partial charge in [-0.3, -0.25) is 0 Å². The molecule has 1 aromatic rings. The van der Waals surface area contributed by atoms with Gasteiger partial charge in [0.2, 0.25) is 0 Å². The molecule has 0 amide bonds. The van der Waals surface area contributed by atoms with Crippen molar-refractivity contribution in [2.24, 2.45) is 11.7 Å². The summed E-state index contributed by atoms with van der Waals surface area (Å²) in [5, 5.41) is 0. The summed E-state index contributed by atoms with van der Waals surface area (Å²) >= 11 is 6.99. The highest BCUT2D eigenvalue weighted by Crippen LogP contribution is 2.27. The Morgan fingerprint density at radius 1 is 1.19 bits per heavy atom. The van der Waals surface area contributed by atoms with Crippen LogP contribution < -0.4 is 5.73 Å². The number of hydrogen-bond acceptors (Lipinski definition) is 1. The molecule has 0 spiro atoms. The van der Waals surface area contributed by atoms with Crippen LogP contribution in [0.2, 0.25) is 0 Å². The molecule has 1 aromatic carbocycles. The molecule has 2 unspecified atom stereocenters. The Bertz CT molecular complexity index is 318. The minimum atomic E-state index is 0.135. The van der Waals surface area contributed by atoms with E-state index < -0.39 is 0 Å². The van der Waals surface area contributed by atoms with Crippen molar-refractivity contribution >= 4 is 31.9 Å². The largest absolute Gasteiger partial charge is 0.324 e. The first kappa shape index (κ1) is 14.2. The Labute approximate surface area is 115 Å². The van der Waals surface area contributed by atoms with Gasteiger partial charge in [0.1, 0.15) is 0 Å². The van der Waals surface area contributed by atoms with Crippen LogP contribution in [0.25, 0.3) is 0 Å². The zero-order valence-electron chi connectivity index (χ0n) is 9.84. The number of benzene rings is 1. The zero-order valence-corrected chi connectivity index (χ0v) is 13.0. The van der Waals surface area contributed by atoms with E-state index in [9.17, 15) is 0 Å². The topological polar surface area (TPSA) is 26.0 Å². The summed E-state index contributed by atoms with van der Waals surface area (Å²) in [7, 11) is 0. The lowest BCUT2D eigenvalue weighted by atomic mass is 9.94. The molecule has 0 fully saturated rings. The smallest absolute Gasteiger partial charge is 0.0298 e. The molecule has 1 nitrogen and oxygen atoms in total. The Morgan fingerprint density at radius 2 is 1.75 bits per heavy atom. The van der Waals surface area contributed by atoms with Crippen molar-refractivity contribution in [3.8, 4) is 0 Å². The molecule has 0 aliphatic carbocycles. The molecule has 0 bridgehead atoms. The van der Waals surface area contributed by atoms with E-state index in [2.05, 4.69) is 57.8 Å². The maximum Gasteiger partial charge on any atom is 0.0298 e. The molecule has 0 aromatic heterocycles. The summed E-state index contributed by atoms with van der Waals surface area (Å²) < 4.78 is 2.16. The minimum absolute atomic E-state index is 0.135. The van der Waals surface area contributed by atoms with Crippen molar-refractivity contribution in [2.75, 3.05) is 0 Å².